The minimum absolute atomic E-state index is 0.00463. The average molecular weight is 510 g/mol. The van der Waals surface area contributed by atoms with Gasteiger partial charge in [0.25, 0.3) is 11.5 Å². The fourth-order valence-electron chi connectivity index (χ4n) is 4.06. The number of rotatable bonds is 5. The number of hydrogen-bond acceptors (Lipinski definition) is 8. The molecule has 0 aliphatic carbocycles. The fraction of sp³-hybridized carbons (Fsp3) is 0.107. The number of methoxy groups -OCH3 is 1. The van der Waals surface area contributed by atoms with Gasteiger partial charge in [0.2, 0.25) is 11.8 Å². The van der Waals surface area contributed by atoms with Crippen molar-refractivity contribution >= 4 is 28.4 Å². The third-order valence-electron chi connectivity index (χ3n) is 5.86. The number of benzene rings is 2. The molecular weight excluding hydrogens is 482 g/mol. The molecule has 0 atom stereocenters. The lowest BCUT2D eigenvalue weighted by Crippen LogP contribution is -2.22. The normalized spacial score (nSPS) is 10.5. The van der Waals surface area contributed by atoms with E-state index in [9.17, 15) is 9.59 Å². The van der Waals surface area contributed by atoms with Crippen LogP contribution in [0, 0.1) is 0 Å². The summed E-state index contributed by atoms with van der Waals surface area (Å²) >= 11 is 0. The van der Waals surface area contributed by atoms with E-state index in [1.165, 1.54) is 6.20 Å². The second-order valence-corrected chi connectivity index (χ2v) is 8.21. The van der Waals surface area contributed by atoms with Crippen molar-refractivity contribution in [2.75, 3.05) is 18.6 Å². The summed E-state index contributed by atoms with van der Waals surface area (Å²) in [6, 6.07) is 21.6. The molecule has 10 nitrogen and oxygen atoms in total. The van der Waals surface area contributed by atoms with Crippen LogP contribution in [0.5, 0.6) is 5.88 Å². The molecule has 0 radical (unpaired) electrons. The molecule has 10 heteroatoms. The third kappa shape index (κ3) is 5.29. The molecule has 0 bridgehead atoms. The summed E-state index contributed by atoms with van der Waals surface area (Å²) in [7, 11) is 1.59. The number of amides is 1. The van der Waals surface area contributed by atoms with E-state index >= 15 is 0 Å². The van der Waals surface area contributed by atoms with E-state index in [0.29, 0.717) is 11.3 Å². The minimum atomic E-state index is -0.664. The number of aryl methyl sites for hydroxylation is 1. The van der Waals surface area contributed by atoms with Crippen LogP contribution in [0.4, 0.5) is 11.8 Å². The molecule has 5 aromatic rings. The number of primary amides is 1. The van der Waals surface area contributed by atoms with Gasteiger partial charge in [0.15, 0.2) is 0 Å². The molecule has 0 saturated heterocycles. The van der Waals surface area contributed by atoms with E-state index in [0.717, 1.165) is 34.3 Å². The Hall–Kier alpha value is -5.25. The number of carbonyl (C=O) groups is 1. The Labute approximate surface area is 218 Å². The lowest BCUT2D eigenvalue weighted by Gasteiger charge is -2.15. The summed E-state index contributed by atoms with van der Waals surface area (Å²) in [4.78, 5) is 35.4. The zero-order chi connectivity index (χ0) is 27.2. The first-order valence-electron chi connectivity index (χ1n) is 11.7. The first-order valence-corrected chi connectivity index (χ1v) is 11.7. The monoisotopic (exact) mass is 509 g/mol. The molecule has 0 saturated carbocycles. The maximum absolute atomic E-state index is 13.6. The van der Waals surface area contributed by atoms with Crippen LogP contribution in [0.15, 0.2) is 83.9 Å². The molecule has 0 aliphatic rings. The van der Waals surface area contributed by atoms with E-state index in [-0.39, 0.29) is 22.9 Å². The molecule has 192 valence electrons. The van der Waals surface area contributed by atoms with Crippen molar-refractivity contribution in [2.24, 2.45) is 5.73 Å². The van der Waals surface area contributed by atoms with Gasteiger partial charge in [0.1, 0.15) is 5.82 Å². The highest BCUT2D eigenvalue weighted by Gasteiger charge is 2.14. The van der Waals surface area contributed by atoms with Gasteiger partial charge in [-0.2, -0.15) is 4.98 Å². The van der Waals surface area contributed by atoms with Crippen molar-refractivity contribution in [3.8, 4) is 22.7 Å². The zero-order valence-corrected chi connectivity index (χ0v) is 21.0. The van der Waals surface area contributed by atoms with Crippen LogP contribution in [-0.2, 0) is 6.42 Å². The molecule has 38 heavy (non-hydrogen) atoms. The molecule has 0 aliphatic heterocycles. The zero-order valence-electron chi connectivity index (χ0n) is 21.0. The van der Waals surface area contributed by atoms with Gasteiger partial charge in [0.05, 0.1) is 18.1 Å². The standard InChI is InChI=1S/C23H20N2O2.C5H7N5O/c1-3-18-14-17-8-7-11-20(16-12-13-24-21(15-16)27-2)22(17)23(26)25(18)19-9-5-4-6-10-19;6-3-2(4(7)11)1-9-5(8)10-3/h4-15H,3H2,1-2H3;1H,(H2,7,11)(H4,6,8,9,10). The number of nitrogens with zero attached hydrogens (tertiary/aromatic N) is 4. The first-order chi connectivity index (χ1) is 18.3. The summed E-state index contributed by atoms with van der Waals surface area (Å²) in [6.45, 7) is 2.07. The summed E-state index contributed by atoms with van der Waals surface area (Å²) in [5.74, 6) is -0.113. The first kappa shape index (κ1) is 25.8. The number of carbonyl (C=O) groups excluding carboxylic acids is 1. The fourth-order valence-corrected chi connectivity index (χ4v) is 4.06. The summed E-state index contributed by atoms with van der Waals surface area (Å²) < 4.78 is 7.06. The molecule has 0 unspecified atom stereocenters. The molecule has 2 aromatic carbocycles. The molecule has 1 amide bonds. The molecule has 6 N–H and O–H groups in total. The van der Waals surface area contributed by atoms with Crippen molar-refractivity contribution in [3.63, 3.8) is 0 Å². The molecule has 5 rings (SSSR count). The minimum Gasteiger partial charge on any atom is -0.481 e. The number of fused-ring (bicyclic) bond motifs is 1. The Kier molecular flexibility index (Phi) is 7.62. The van der Waals surface area contributed by atoms with Gasteiger partial charge in [-0.15, -0.1) is 0 Å². The quantitative estimate of drug-likeness (QED) is 0.324. The van der Waals surface area contributed by atoms with Gasteiger partial charge in [-0.05, 0) is 47.2 Å². The van der Waals surface area contributed by atoms with Crippen molar-refractivity contribution in [3.05, 3.63) is 101 Å². The highest BCUT2D eigenvalue weighted by atomic mass is 16.5. The van der Waals surface area contributed by atoms with Crippen molar-refractivity contribution in [1.82, 2.24) is 19.5 Å². The number of para-hydroxylation sites is 1. The van der Waals surface area contributed by atoms with Crippen LogP contribution >= 0.6 is 0 Å². The number of ether oxygens (including phenoxy) is 1. The number of hydrogen-bond donors (Lipinski definition) is 3. The topological polar surface area (TPSA) is 165 Å². The van der Waals surface area contributed by atoms with Crippen molar-refractivity contribution in [1.29, 1.82) is 0 Å². The lowest BCUT2D eigenvalue weighted by atomic mass is 9.99. The second-order valence-electron chi connectivity index (χ2n) is 8.21. The van der Waals surface area contributed by atoms with Crippen LogP contribution in [0.25, 0.3) is 27.6 Å². The lowest BCUT2D eigenvalue weighted by molar-refractivity contribution is 0.100. The molecule has 0 spiro atoms. The van der Waals surface area contributed by atoms with Gasteiger partial charge in [-0.25, -0.2) is 9.97 Å². The van der Waals surface area contributed by atoms with E-state index in [4.69, 9.17) is 21.9 Å². The predicted molar refractivity (Wildman–Crippen MR) is 148 cm³/mol. The van der Waals surface area contributed by atoms with E-state index in [1.54, 1.807) is 13.3 Å². The van der Waals surface area contributed by atoms with E-state index in [1.807, 2.05) is 65.2 Å². The van der Waals surface area contributed by atoms with Crippen LogP contribution in [0.1, 0.15) is 23.0 Å². The van der Waals surface area contributed by atoms with Crippen molar-refractivity contribution in [2.45, 2.75) is 13.3 Å². The molecular formula is C28H27N7O3. The third-order valence-corrected chi connectivity index (χ3v) is 5.86. The number of aromatic nitrogens is 4. The summed E-state index contributed by atoms with van der Waals surface area (Å²) in [6.07, 6.45) is 3.66. The Morgan fingerprint density at radius 3 is 2.42 bits per heavy atom. The van der Waals surface area contributed by atoms with Crippen LogP contribution in [0.3, 0.4) is 0 Å². The van der Waals surface area contributed by atoms with Gasteiger partial charge in [-0.1, -0.05) is 43.3 Å². The Bertz CT molecular complexity index is 1670. The van der Waals surface area contributed by atoms with Gasteiger partial charge >= 0.3 is 0 Å². The maximum Gasteiger partial charge on any atom is 0.263 e. The Morgan fingerprint density at radius 1 is 1.00 bits per heavy atom. The highest BCUT2D eigenvalue weighted by Crippen LogP contribution is 2.29. The van der Waals surface area contributed by atoms with E-state index < -0.39 is 5.91 Å². The number of nitrogens with two attached hydrogens (primary N) is 3. The van der Waals surface area contributed by atoms with Crippen molar-refractivity contribution < 1.29 is 9.53 Å². The SMILES string of the molecule is CCc1cc2cccc(-c3ccnc(OC)c3)c2c(=O)n1-c1ccccc1.NC(=O)c1cnc(N)nc1N. The smallest absolute Gasteiger partial charge is 0.263 e. The van der Waals surface area contributed by atoms with Gasteiger partial charge in [-0.3, -0.25) is 14.2 Å². The maximum atomic E-state index is 13.6. The Balaban J connectivity index is 0.000000257. The highest BCUT2D eigenvalue weighted by molar-refractivity contribution is 5.97. The van der Waals surface area contributed by atoms with Crippen LogP contribution < -0.4 is 27.5 Å². The number of anilines is 2. The Morgan fingerprint density at radius 2 is 1.76 bits per heavy atom. The average Bonchev–Trinajstić information content (AvgIpc) is 2.93. The summed E-state index contributed by atoms with van der Waals surface area (Å²) in [5.41, 5.74) is 19.1. The molecule has 3 heterocycles. The number of nitrogen functional groups attached to an aromatic ring is 2. The summed E-state index contributed by atoms with van der Waals surface area (Å²) in [5, 5.41) is 1.64. The van der Waals surface area contributed by atoms with Gasteiger partial charge in [0, 0.05) is 29.8 Å². The number of pyridine rings is 2. The predicted octanol–water partition coefficient (Wildman–Crippen LogP) is 3.36. The van der Waals surface area contributed by atoms with Crippen LogP contribution in [0.2, 0.25) is 0 Å². The molecule has 3 aromatic heterocycles. The largest absolute Gasteiger partial charge is 0.481 e. The second kappa shape index (κ2) is 11.2. The van der Waals surface area contributed by atoms with Gasteiger partial charge < -0.3 is 21.9 Å². The van der Waals surface area contributed by atoms with Crippen LogP contribution in [-0.4, -0.2) is 32.5 Å². The van der Waals surface area contributed by atoms with E-state index in [2.05, 4.69) is 27.9 Å². The molecule has 0 fully saturated rings.